The molecular weight excluding hydrogens is 256 g/mol. The monoisotopic (exact) mass is 266 g/mol. The Bertz CT molecular complexity index is 478. The molecule has 1 heterocycles. The van der Waals surface area contributed by atoms with Crippen molar-refractivity contribution in [2.24, 2.45) is 0 Å². The summed E-state index contributed by atoms with van der Waals surface area (Å²) in [7, 11) is 0. The Labute approximate surface area is 96.4 Å². The summed E-state index contributed by atoms with van der Waals surface area (Å²) >= 11 is 3.44. The highest BCUT2D eigenvalue weighted by atomic mass is 79.9. The predicted molar refractivity (Wildman–Crippen MR) is 60.5 cm³/mol. The minimum atomic E-state index is 0.720. The van der Waals surface area contributed by atoms with Gasteiger partial charge in [0.05, 0.1) is 6.54 Å². The predicted octanol–water partition coefficient (Wildman–Crippen LogP) is 2.10. The third kappa shape index (κ3) is 2.23. The molecule has 0 fully saturated rings. The lowest BCUT2D eigenvalue weighted by atomic mass is 10.1. The van der Waals surface area contributed by atoms with Gasteiger partial charge in [-0.2, -0.15) is 0 Å². The number of nitrogens with zero attached hydrogens (tertiary/aromatic N) is 4. The Hall–Kier alpha value is -1.23. The molecule has 78 valence electrons. The molecule has 1 aromatic carbocycles. The van der Waals surface area contributed by atoms with Gasteiger partial charge in [-0.3, -0.25) is 0 Å². The van der Waals surface area contributed by atoms with Crippen LogP contribution in [0.2, 0.25) is 0 Å². The van der Waals surface area contributed by atoms with E-state index in [1.165, 1.54) is 11.1 Å². The average molecular weight is 267 g/mol. The van der Waals surface area contributed by atoms with Gasteiger partial charge in [0, 0.05) is 4.47 Å². The highest BCUT2D eigenvalue weighted by Crippen LogP contribution is 2.16. The van der Waals surface area contributed by atoms with Crippen molar-refractivity contribution in [3.05, 3.63) is 39.6 Å². The van der Waals surface area contributed by atoms with E-state index in [1.807, 2.05) is 13.0 Å². The lowest BCUT2D eigenvalue weighted by molar-refractivity contribution is 0.631. The minimum Gasteiger partial charge on any atom is -0.225 e. The van der Waals surface area contributed by atoms with Gasteiger partial charge >= 0.3 is 0 Å². The molecule has 0 radical (unpaired) electrons. The SMILES string of the molecule is Cc1cc(Br)ccc1Cn1nnnc1C. The van der Waals surface area contributed by atoms with E-state index in [4.69, 9.17) is 0 Å². The van der Waals surface area contributed by atoms with Crippen molar-refractivity contribution >= 4 is 15.9 Å². The fourth-order valence-corrected chi connectivity index (χ4v) is 1.87. The highest BCUT2D eigenvalue weighted by Gasteiger charge is 2.04. The Morgan fingerprint density at radius 3 is 2.73 bits per heavy atom. The first-order valence-electron chi connectivity index (χ1n) is 4.64. The first kappa shape index (κ1) is 10.3. The zero-order chi connectivity index (χ0) is 10.8. The molecule has 2 rings (SSSR count). The lowest BCUT2D eigenvalue weighted by Crippen LogP contribution is -2.05. The van der Waals surface area contributed by atoms with Crippen LogP contribution < -0.4 is 0 Å². The number of rotatable bonds is 2. The van der Waals surface area contributed by atoms with Crippen LogP contribution in [0.3, 0.4) is 0 Å². The maximum absolute atomic E-state index is 3.92. The van der Waals surface area contributed by atoms with E-state index < -0.39 is 0 Å². The van der Waals surface area contributed by atoms with Crippen LogP contribution in [0, 0.1) is 13.8 Å². The molecule has 1 aromatic heterocycles. The summed E-state index contributed by atoms with van der Waals surface area (Å²) in [5, 5.41) is 11.4. The van der Waals surface area contributed by atoms with Crippen molar-refractivity contribution in [2.75, 3.05) is 0 Å². The van der Waals surface area contributed by atoms with Gasteiger partial charge in [0.1, 0.15) is 5.82 Å². The summed E-state index contributed by atoms with van der Waals surface area (Å²) in [6, 6.07) is 6.21. The van der Waals surface area contributed by atoms with Crippen LogP contribution in [0.4, 0.5) is 0 Å². The van der Waals surface area contributed by atoms with E-state index in [0.29, 0.717) is 0 Å². The van der Waals surface area contributed by atoms with Crippen LogP contribution in [0.5, 0.6) is 0 Å². The molecule has 15 heavy (non-hydrogen) atoms. The summed E-state index contributed by atoms with van der Waals surface area (Å²) < 4.78 is 2.88. The fourth-order valence-electron chi connectivity index (χ4n) is 1.39. The quantitative estimate of drug-likeness (QED) is 0.836. The van der Waals surface area contributed by atoms with Gasteiger partial charge in [-0.15, -0.1) is 5.10 Å². The Morgan fingerprint density at radius 2 is 2.13 bits per heavy atom. The Morgan fingerprint density at radius 1 is 1.33 bits per heavy atom. The second-order valence-corrected chi connectivity index (χ2v) is 4.37. The normalized spacial score (nSPS) is 10.6. The number of halogens is 1. The number of hydrogen-bond acceptors (Lipinski definition) is 3. The van der Waals surface area contributed by atoms with Crippen LogP contribution in [-0.4, -0.2) is 20.2 Å². The van der Waals surface area contributed by atoms with E-state index in [0.717, 1.165) is 16.8 Å². The van der Waals surface area contributed by atoms with Gasteiger partial charge in [-0.25, -0.2) is 4.68 Å². The molecule has 0 spiro atoms. The maximum Gasteiger partial charge on any atom is 0.148 e. The van der Waals surface area contributed by atoms with Crippen LogP contribution in [0.1, 0.15) is 17.0 Å². The van der Waals surface area contributed by atoms with Crippen molar-refractivity contribution in [1.82, 2.24) is 20.2 Å². The average Bonchev–Trinajstić information content (AvgIpc) is 2.57. The zero-order valence-electron chi connectivity index (χ0n) is 8.61. The smallest absolute Gasteiger partial charge is 0.148 e. The van der Waals surface area contributed by atoms with E-state index >= 15 is 0 Å². The number of hydrogen-bond donors (Lipinski definition) is 0. The Balaban J connectivity index is 2.29. The highest BCUT2D eigenvalue weighted by molar-refractivity contribution is 9.10. The first-order valence-corrected chi connectivity index (χ1v) is 5.44. The van der Waals surface area contributed by atoms with Crippen LogP contribution in [0.25, 0.3) is 0 Å². The largest absolute Gasteiger partial charge is 0.225 e. The molecule has 0 aliphatic rings. The molecule has 0 unspecified atom stereocenters. The topological polar surface area (TPSA) is 43.6 Å². The molecule has 0 aliphatic heterocycles. The molecule has 5 heteroatoms. The van der Waals surface area contributed by atoms with Crippen molar-refractivity contribution < 1.29 is 0 Å². The maximum atomic E-state index is 3.92. The molecular formula is C10H11BrN4. The molecule has 0 saturated heterocycles. The summed E-state index contributed by atoms with van der Waals surface area (Å²) in [6.07, 6.45) is 0. The van der Waals surface area contributed by atoms with E-state index in [1.54, 1.807) is 4.68 Å². The standard InChI is InChI=1S/C10H11BrN4/c1-7-5-10(11)4-3-9(7)6-15-8(2)12-13-14-15/h3-5H,6H2,1-2H3. The molecule has 2 aromatic rings. The molecule has 0 aliphatic carbocycles. The van der Waals surface area contributed by atoms with Crippen LogP contribution in [-0.2, 0) is 6.54 Å². The van der Waals surface area contributed by atoms with Crippen molar-refractivity contribution in [3.63, 3.8) is 0 Å². The molecule has 0 atom stereocenters. The Kier molecular flexibility index (Phi) is 2.81. The molecule has 0 saturated carbocycles. The first-order chi connectivity index (χ1) is 7.16. The number of tetrazole rings is 1. The summed E-state index contributed by atoms with van der Waals surface area (Å²) in [5.41, 5.74) is 2.47. The van der Waals surface area contributed by atoms with Crippen LogP contribution in [0.15, 0.2) is 22.7 Å². The van der Waals surface area contributed by atoms with Gasteiger partial charge in [-0.05, 0) is 47.5 Å². The molecule has 0 N–H and O–H groups in total. The van der Waals surface area contributed by atoms with Crippen molar-refractivity contribution in [2.45, 2.75) is 20.4 Å². The van der Waals surface area contributed by atoms with Gasteiger partial charge in [0.2, 0.25) is 0 Å². The van der Waals surface area contributed by atoms with Gasteiger partial charge in [0.25, 0.3) is 0 Å². The fraction of sp³-hybridized carbons (Fsp3) is 0.300. The van der Waals surface area contributed by atoms with E-state index in [9.17, 15) is 0 Å². The zero-order valence-corrected chi connectivity index (χ0v) is 10.2. The molecule has 0 amide bonds. The van der Waals surface area contributed by atoms with Crippen LogP contribution >= 0.6 is 15.9 Å². The number of benzene rings is 1. The summed E-state index contributed by atoms with van der Waals surface area (Å²) in [4.78, 5) is 0. The van der Waals surface area contributed by atoms with Gasteiger partial charge in [-0.1, -0.05) is 22.0 Å². The summed E-state index contributed by atoms with van der Waals surface area (Å²) in [5.74, 6) is 0.831. The third-order valence-corrected chi connectivity index (χ3v) is 2.83. The van der Waals surface area contributed by atoms with Gasteiger partial charge in [0.15, 0.2) is 0 Å². The summed E-state index contributed by atoms with van der Waals surface area (Å²) in [6.45, 7) is 4.70. The van der Waals surface area contributed by atoms with Crippen molar-refractivity contribution in [3.8, 4) is 0 Å². The second kappa shape index (κ2) is 4.10. The lowest BCUT2D eigenvalue weighted by Gasteiger charge is -2.06. The van der Waals surface area contributed by atoms with E-state index in [2.05, 4.69) is 50.5 Å². The van der Waals surface area contributed by atoms with Gasteiger partial charge < -0.3 is 0 Å². The third-order valence-electron chi connectivity index (χ3n) is 2.34. The number of aryl methyl sites for hydroxylation is 2. The number of aromatic nitrogens is 4. The minimum absolute atomic E-state index is 0.720. The second-order valence-electron chi connectivity index (χ2n) is 3.45. The molecule has 4 nitrogen and oxygen atoms in total. The van der Waals surface area contributed by atoms with E-state index in [-0.39, 0.29) is 0 Å². The van der Waals surface area contributed by atoms with Crippen molar-refractivity contribution in [1.29, 1.82) is 0 Å². The molecule has 0 bridgehead atoms.